The summed E-state index contributed by atoms with van der Waals surface area (Å²) in [6.45, 7) is 6.96. The maximum atomic E-state index is 12.2. The normalized spacial score (nSPS) is 18.1. The summed E-state index contributed by atoms with van der Waals surface area (Å²) < 4.78 is 4.98. The fourth-order valence-electron chi connectivity index (χ4n) is 2.87. The number of ether oxygens (including phenoxy) is 1. The van der Waals surface area contributed by atoms with Gasteiger partial charge in [-0.15, -0.1) is 11.3 Å². The minimum atomic E-state index is -0.0742. The lowest BCUT2D eigenvalue weighted by Gasteiger charge is -2.31. The first-order valence-corrected chi connectivity index (χ1v) is 9.54. The predicted octanol–water partition coefficient (Wildman–Crippen LogP) is 1.56. The average molecular weight is 369 g/mol. The van der Waals surface area contributed by atoms with Crippen LogP contribution in [0.15, 0.2) is 0 Å². The number of rotatable bonds is 8. The molecular formula is C17H28N4O3S. The van der Waals surface area contributed by atoms with Crippen molar-refractivity contribution in [1.82, 2.24) is 15.2 Å². The van der Waals surface area contributed by atoms with Crippen LogP contribution in [0.4, 0.5) is 5.13 Å². The molecule has 25 heavy (non-hydrogen) atoms. The van der Waals surface area contributed by atoms with Gasteiger partial charge in [0.1, 0.15) is 0 Å². The molecule has 8 heteroatoms. The van der Waals surface area contributed by atoms with E-state index in [1.165, 1.54) is 11.3 Å². The second-order valence-corrected chi connectivity index (χ2v) is 7.62. The third-order valence-electron chi connectivity index (χ3n) is 4.34. The maximum Gasteiger partial charge on any atom is 0.240 e. The molecule has 0 aliphatic carbocycles. The largest absolute Gasteiger partial charge is 0.385 e. The molecule has 2 heterocycles. The molecule has 0 aromatic carbocycles. The number of hydrogen-bond acceptors (Lipinski definition) is 6. The smallest absolute Gasteiger partial charge is 0.240 e. The molecule has 140 valence electrons. The van der Waals surface area contributed by atoms with Crippen LogP contribution in [-0.4, -0.2) is 61.6 Å². The summed E-state index contributed by atoms with van der Waals surface area (Å²) in [7, 11) is 1.65. The van der Waals surface area contributed by atoms with Gasteiger partial charge in [0.2, 0.25) is 11.8 Å². The van der Waals surface area contributed by atoms with Gasteiger partial charge in [0, 0.05) is 31.7 Å². The van der Waals surface area contributed by atoms with Gasteiger partial charge in [-0.05, 0) is 39.7 Å². The van der Waals surface area contributed by atoms with Gasteiger partial charge in [0.05, 0.1) is 18.2 Å². The summed E-state index contributed by atoms with van der Waals surface area (Å²) in [5.41, 5.74) is 0.948. The number of nitrogens with one attached hydrogen (secondary N) is 2. The first kappa shape index (κ1) is 19.8. The number of hydrogen-bond donors (Lipinski definition) is 2. The van der Waals surface area contributed by atoms with Gasteiger partial charge in [-0.2, -0.15) is 0 Å². The van der Waals surface area contributed by atoms with Crippen molar-refractivity contribution in [3.8, 4) is 0 Å². The number of likely N-dealkylation sites (tertiary alicyclic amines) is 1. The fraction of sp³-hybridized carbons (Fsp3) is 0.706. The third kappa shape index (κ3) is 6.37. The Morgan fingerprint density at radius 3 is 2.88 bits per heavy atom. The van der Waals surface area contributed by atoms with Crippen LogP contribution in [0.2, 0.25) is 0 Å². The topological polar surface area (TPSA) is 83.6 Å². The molecule has 0 radical (unpaired) electrons. The molecule has 1 atom stereocenters. The molecule has 1 aliphatic heterocycles. The zero-order valence-electron chi connectivity index (χ0n) is 15.3. The van der Waals surface area contributed by atoms with E-state index in [0.29, 0.717) is 31.4 Å². The van der Waals surface area contributed by atoms with E-state index >= 15 is 0 Å². The van der Waals surface area contributed by atoms with E-state index in [9.17, 15) is 9.59 Å². The highest BCUT2D eigenvalue weighted by Crippen LogP contribution is 2.21. The number of anilines is 1. The quantitative estimate of drug-likeness (QED) is 0.681. The van der Waals surface area contributed by atoms with Crippen LogP contribution in [-0.2, 0) is 14.3 Å². The zero-order chi connectivity index (χ0) is 18.2. The number of thiazole rings is 1. The Hall–Kier alpha value is -1.51. The van der Waals surface area contributed by atoms with Crippen LogP contribution in [0.25, 0.3) is 0 Å². The molecule has 2 rings (SSSR count). The number of amides is 2. The Kier molecular flexibility index (Phi) is 7.80. The molecule has 1 saturated heterocycles. The summed E-state index contributed by atoms with van der Waals surface area (Å²) >= 11 is 1.49. The lowest BCUT2D eigenvalue weighted by molar-refractivity contribution is -0.128. The van der Waals surface area contributed by atoms with Crippen LogP contribution in [0.3, 0.4) is 0 Å². The molecule has 1 aromatic rings. The Morgan fingerprint density at radius 1 is 1.40 bits per heavy atom. The molecule has 2 amide bonds. The van der Waals surface area contributed by atoms with Gasteiger partial charge < -0.3 is 15.4 Å². The van der Waals surface area contributed by atoms with E-state index in [1.54, 1.807) is 7.11 Å². The summed E-state index contributed by atoms with van der Waals surface area (Å²) in [5.74, 6) is -0.0456. The number of piperidine rings is 1. The second-order valence-electron chi connectivity index (χ2n) is 6.42. The second kappa shape index (κ2) is 9.84. The fourth-order valence-corrected chi connectivity index (χ4v) is 3.70. The van der Waals surface area contributed by atoms with Crippen molar-refractivity contribution in [2.45, 2.75) is 33.1 Å². The molecule has 2 N–H and O–H groups in total. The summed E-state index contributed by atoms with van der Waals surface area (Å²) in [6.07, 6.45) is 2.62. The highest BCUT2D eigenvalue weighted by atomic mass is 32.1. The van der Waals surface area contributed by atoms with Gasteiger partial charge in [-0.1, -0.05) is 0 Å². The Bertz CT molecular complexity index is 571. The molecule has 1 unspecified atom stereocenters. The number of nitrogens with zero attached hydrogens (tertiary/aromatic N) is 2. The van der Waals surface area contributed by atoms with Crippen LogP contribution in [0.5, 0.6) is 0 Å². The SMILES string of the molecule is COCCCNC(=O)C1CCCN(CC(=O)Nc2nc(C)c(C)s2)C1. The Balaban J connectivity index is 1.76. The van der Waals surface area contributed by atoms with Gasteiger partial charge in [0.15, 0.2) is 5.13 Å². The van der Waals surface area contributed by atoms with Crippen molar-refractivity contribution in [3.63, 3.8) is 0 Å². The molecule has 1 aromatic heterocycles. The lowest BCUT2D eigenvalue weighted by Crippen LogP contribution is -2.45. The highest BCUT2D eigenvalue weighted by Gasteiger charge is 2.26. The van der Waals surface area contributed by atoms with E-state index in [4.69, 9.17) is 4.74 Å². The maximum absolute atomic E-state index is 12.2. The highest BCUT2D eigenvalue weighted by molar-refractivity contribution is 7.15. The van der Waals surface area contributed by atoms with E-state index in [2.05, 4.69) is 15.6 Å². The molecule has 0 bridgehead atoms. The van der Waals surface area contributed by atoms with Crippen LogP contribution in [0.1, 0.15) is 29.8 Å². The number of carbonyl (C=O) groups is 2. The molecule has 7 nitrogen and oxygen atoms in total. The van der Waals surface area contributed by atoms with Gasteiger partial charge >= 0.3 is 0 Å². The van der Waals surface area contributed by atoms with Crippen LogP contribution >= 0.6 is 11.3 Å². The van der Waals surface area contributed by atoms with Crippen molar-refractivity contribution < 1.29 is 14.3 Å². The van der Waals surface area contributed by atoms with Crippen molar-refractivity contribution >= 4 is 28.3 Å². The number of aromatic nitrogens is 1. The number of methoxy groups -OCH3 is 1. The van der Waals surface area contributed by atoms with E-state index < -0.39 is 0 Å². The molecule has 0 spiro atoms. The van der Waals surface area contributed by atoms with Crippen LogP contribution < -0.4 is 10.6 Å². The van der Waals surface area contributed by atoms with E-state index in [0.717, 1.165) is 36.4 Å². The number of carbonyl (C=O) groups excluding carboxylic acids is 2. The average Bonchev–Trinajstić information content (AvgIpc) is 2.89. The zero-order valence-corrected chi connectivity index (χ0v) is 16.1. The van der Waals surface area contributed by atoms with Gasteiger partial charge in [0.25, 0.3) is 0 Å². The van der Waals surface area contributed by atoms with Crippen molar-refractivity contribution in [3.05, 3.63) is 10.6 Å². The summed E-state index contributed by atoms with van der Waals surface area (Å²) in [5, 5.41) is 6.45. The van der Waals surface area contributed by atoms with Gasteiger partial charge in [-0.25, -0.2) is 4.98 Å². The Morgan fingerprint density at radius 2 is 2.20 bits per heavy atom. The molecule has 0 saturated carbocycles. The third-order valence-corrected chi connectivity index (χ3v) is 5.33. The monoisotopic (exact) mass is 368 g/mol. The minimum absolute atomic E-state index is 0.0477. The first-order chi connectivity index (χ1) is 12.0. The molecule has 1 aliphatic rings. The number of aryl methyl sites for hydroxylation is 2. The van der Waals surface area contributed by atoms with Crippen molar-refractivity contribution in [2.75, 3.05) is 45.2 Å². The van der Waals surface area contributed by atoms with Gasteiger partial charge in [-0.3, -0.25) is 14.5 Å². The van der Waals surface area contributed by atoms with Crippen LogP contribution in [0, 0.1) is 19.8 Å². The predicted molar refractivity (Wildman–Crippen MR) is 98.9 cm³/mol. The molecule has 1 fully saturated rings. The van der Waals surface area contributed by atoms with Crippen molar-refractivity contribution in [2.24, 2.45) is 5.92 Å². The first-order valence-electron chi connectivity index (χ1n) is 8.72. The lowest BCUT2D eigenvalue weighted by atomic mass is 9.97. The van der Waals surface area contributed by atoms with E-state index in [1.807, 2.05) is 18.7 Å². The Labute approximate surface area is 153 Å². The summed E-state index contributed by atoms with van der Waals surface area (Å²) in [4.78, 5) is 31.9. The standard InChI is InChI=1S/C17H28N4O3S/c1-12-13(2)25-17(19-12)20-15(22)11-21-8-4-6-14(10-21)16(23)18-7-5-9-24-3/h14H,4-11H2,1-3H3,(H,18,23)(H,19,20,22). The minimum Gasteiger partial charge on any atom is -0.385 e. The van der Waals surface area contributed by atoms with Crippen molar-refractivity contribution in [1.29, 1.82) is 0 Å². The molecular weight excluding hydrogens is 340 g/mol. The summed E-state index contributed by atoms with van der Waals surface area (Å²) in [6, 6.07) is 0. The van der Waals surface area contributed by atoms with E-state index in [-0.39, 0.29) is 17.7 Å².